The first kappa shape index (κ1) is 30.3. The van der Waals surface area contributed by atoms with E-state index in [0.29, 0.717) is 17.5 Å². The minimum Gasteiger partial charge on any atom is -0.456 e. The lowest BCUT2D eigenvalue weighted by Crippen LogP contribution is -2.00. The lowest BCUT2D eigenvalue weighted by atomic mass is 9.93. The fraction of sp³-hybridized carbons (Fsp3) is 0. The number of para-hydroxylation sites is 1. The first-order valence-corrected chi connectivity index (χ1v) is 18.1. The van der Waals surface area contributed by atoms with Crippen LogP contribution in [0.1, 0.15) is 0 Å². The Balaban J connectivity index is 1.14. The lowest BCUT2D eigenvalue weighted by Gasteiger charge is -2.12. The molecule has 0 aliphatic carbocycles. The molecule has 54 heavy (non-hydrogen) atoms. The van der Waals surface area contributed by atoms with Gasteiger partial charge in [0.15, 0.2) is 17.5 Å². The normalized spacial score (nSPS) is 11.7. The zero-order chi connectivity index (χ0) is 35.6. The third kappa shape index (κ3) is 4.76. The zero-order valence-electron chi connectivity index (χ0n) is 29.0. The monoisotopic (exact) mass is 690 g/mol. The van der Waals surface area contributed by atoms with Crippen molar-refractivity contribution in [2.24, 2.45) is 0 Å². The molecule has 3 heterocycles. The number of hydrogen-bond acceptors (Lipinski definition) is 4. The van der Waals surface area contributed by atoms with Crippen molar-refractivity contribution in [3.05, 3.63) is 182 Å². The van der Waals surface area contributed by atoms with Crippen molar-refractivity contribution < 1.29 is 4.42 Å². The first-order chi connectivity index (χ1) is 26.8. The van der Waals surface area contributed by atoms with Crippen LogP contribution in [0.2, 0.25) is 0 Å². The van der Waals surface area contributed by atoms with Crippen molar-refractivity contribution in [2.75, 3.05) is 0 Å². The van der Waals surface area contributed by atoms with E-state index in [1.54, 1.807) is 0 Å². The second-order valence-corrected chi connectivity index (χ2v) is 13.6. The third-order valence-electron chi connectivity index (χ3n) is 10.4. The molecule has 5 nitrogen and oxygen atoms in total. The molecule has 0 fully saturated rings. The highest BCUT2D eigenvalue weighted by molar-refractivity contribution is 6.23. The van der Waals surface area contributed by atoms with Crippen LogP contribution in [-0.4, -0.2) is 19.5 Å². The van der Waals surface area contributed by atoms with Gasteiger partial charge in [-0.3, -0.25) is 0 Å². The summed E-state index contributed by atoms with van der Waals surface area (Å²) < 4.78 is 9.06. The van der Waals surface area contributed by atoms with Gasteiger partial charge in [0.25, 0.3) is 0 Å². The Labute approximate surface area is 310 Å². The number of rotatable bonds is 5. The van der Waals surface area contributed by atoms with Crippen LogP contribution < -0.4 is 0 Å². The SMILES string of the molecule is c1ccc(-c2nc(-c3ccccc3)nc(-c3cccc4oc5cc(-n6c7ccccc7c7c(-c8ccccc8)c8ccccc8cc76)ccc5c34)n2)cc1. The zero-order valence-corrected chi connectivity index (χ0v) is 29.0. The minimum absolute atomic E-state index is 0.600. The van der Waals surface area contributed by atoms with Gasteiger partial charge in [-0.05, 0) is 52.2 Å². The minimum atomic E-state index is 0.600. The van der Waals surface area contributed by atoms with Crippen LogP contribution in [0.25, 0.3) is 105 Å². The maximum atomic E-state index is 6.69. The van der Waals surface area contributed by atoms with Gasteiger partial charge in [0.2, 0.25) is 0 Å². The van der Waals surface area contributed by atoms with Crippen molar-refractivity contribution in [3.8, 4) is 51.0 Å². The number of nitrogens with zero attached hydrogens (tertiary/aromatic N) is 4. The van der Waals surface area contributed by atoms with Gasteiger partial charge >= 0.3 is 0 Å². The molecule has 0 saturated heterocycles. The Kier molecular flexibility index (Phi) is 6.79. The number of benzene rings is 8. The van der Waals surface area contributed by atoms with E-state index in [2.05, 4.69) is 114 Å². The van der Waals surface area contributed by atoms with Crippen LogP contribution in [0.4, 0.5) is 0 Å². The predicted molar refractivity (Wildman–Crippen MR) is 221 cm³/mol. The Hall–Kier alpha value is -7.37. The third-order valence-corrected chi connectivity index (χ3v) is 10.4. The highest BCUT2D eigenvalue weighted by atomic mass is 16.3. The summed E-state index contributed by atoms with van der Waals surface area (Å²) in [6.07, 6.45) is 0. The van der Waals surface area contributed by atoms with Crippen molar-refractivity contribution >= 4 is 54.5 Å². The van der Waals surface area contributed by atoms with Gasteiger partial charge in [-0.1, -0.05) is 146 Å². The smallest absolute Gasteiger partial charge is 0.164 e. The van der Waals surface area contributed by atoms with Gasteiger partial charge in [0.05, 0.1) is 11.0 Å². The molecule has 0 aliphatic heterocycles. The lowest BCUT2D eigenvalue weighted by molar-refractivity contribution is 0.668. The molecule has 5 heteroatoms. The van der Waals surface area contributed by atoms with Crippen molar-refractivity contribution in [1.82, 2.24) is 19.5 Å². The molecule has 0 bridgehead atoms. The van der Waals surface area contributed by atoms with Crippen LogP contribution in [0.15, 0.2) is 186 Å². The van der Waals surface area contributed by atoms with Gasteiger partial charge in [-0.25, -0.2) is 15.0 Å². The molecular weight excluding hydrogens is 661 g/mol. The average molecular weight is 691 g/mol. The largest absolute Gasteiger partial charge is 0.456 e. The van der Waals surface area contributed by atoms with Crippen LogP contribution in [-0.2, 0) is 0 Å². The maximum absolute atomic E-state index is 6.69. The maximum Gasteiger partial charge on any atom is 0.164 e. The molecule has 0 amide bonds. The molecule has 0 radical (unpaired) electrons. The van der Waals surface area contributed by atoms with Gasteiger partial charge in [0.1, 0.15) is 11.2 Å². The molecular formula is C49H30N4O. The van der Waals surface area contributed by atoms with E-state index in [0.717, 1.165) is 55.3 Å². The summed E-state index contributed by atoms with van der Waals surface area (Å²) in [7, 11) is 0. The average Bonchev–Trinajstić information content (AvgIpc) is 3.78. The fourth-order valence-corrected chi connectivity index (χ4v) is 8.04. The topological polar surface area (TPSA) is 56.7 Å². The molecule has 8 aromatic carbocycles. The van der Waals surface area contributed by atoms with Gasteiger partial charge in [-0.15, -0.1) is 0 Å². The first-order valence-electron chi connectivity index (χ1n) is 18.1. The number of aromatic nitrogens is 4. The molecule has 11 aromatic rings. The van der Waals surface area contributed by atoms with E-state index >= 15 is 0 Å². The molecule has 0 atom stereocenters. The summed E-state index contributed by atoms with van der Waals surface area (Å²) >= 11 is 0. The molecule has 0 saturated carbocycles. The Morgan fingerprint density at radius 3 is 1.72 bits per heavy atom. The summed E-state index contributed by atoms with van der Waals surface area (Å²) in [4.78, 5) is 15.0. The van der Waals surface area contributed by atoms with E-state index in [4.69, 9.17) is 19.4 Å². The van der Waals surface area contributed by atoms with Gasteiger partial charge in [0, 0.05) is 50.0 Å². The number of fused-ring (bicyclic) bond motifs is 7. The number of furan rings is 1. The Morgan fingerprint density at radius 2 is 1.00 bits per heavy atom. The van der Waals surface area contributed by atoms with Crippen LogP contribution in [0, 0.1) is 0 Å². The highest BCUT2D eigenvalue weighted by Gasteiger charge is 2.21. The molecule has 11 rings (SSSR count). The summed E-state index contributed by atoms with van der Waals surface area (Å²) in [5.41, 5.74) is 10.1. The van der Waals surface area contributed by atoms with Crippen LogP contribution in [0.5, 0.6) is 0 Å². The van der Waals surface area contributed by atoms with Crippen molar-refractivity contribution in [2.45, 2.75) is 0 Å². The molecule has 252 valence electrons. The van der Waals surface area contributed by atoms with E-state index in [9.17, 15) is 0 Å². The Bertz CT molecular complexity index is 3140. The molecule has 0 N–H and O–H groups in total. The molecule has 0 spiro atoms. The molecule has 0 aliphatic rings. The van der Waals surface area contributed by atoms with Crippen LogP contribution in [0.3, 0.4) is 0 Å². The highest BCUT2D eigenvalue weighted by Crippen LogP contribution is 2.44. The summed E-state index contributed by atoms with van der Waals surface area (Å²) in [6, 6.07) is 63.3. The predicted octanol–water partition coefficient (Wildman–Crippen LogP) is 12.7. The standard InChI is InChI=1S/C49H30N4O/c1-4-15-31(16-5-1)44-36-22-11-10-21-34(36)29-41-46(44)37-23-12-13-25-40(37)53(41)35-27-28-38-43(30-35)54-42-26-14-24-39(45(38)42)49-51-47(32-17-6-2-7-18-32)50-48(52-49)33-19-8-3-9-20-33/h1-30H. The molecule has 3 aromatic heterocycles. The summed E-state index contributed by atoms with van der Waals surface area (Å²) in [5.74, 6) is 1.85. The quantitative estimate of drug-likeness (QED) is 0.180. The van der Waals surface area contributed by atoms with Crippen LogP contribution >= 0.6 is 0 Å². The van der Waals surface area contributed by atoms with E-state index in [1.807, 2.05) is 72.8 Å². The van der Waals surface area contributed by atoms with Crippen molar-refractivity contribution in [1.29, 1.82) is 0 Å². The van der Waals surface area contributed by atoms with Crippen molar-refractivity contribution in [3.63, 3.8) is 0 Å². The second-order valence-electron chi connectivity index (χ2n) is 13.6. The summed E-state index contributed by atoms with van der Waals surface area (Å²) in [5, 5.41) is 6.86. The van der Waals surface area contributed by atoms with Gasteiger partial charge in [-0.2, -0.15) is 0 Å². The molecule has 0 unspecified atom stereocenters. The number of hydrogen-bond donors (Lipinski definition) is 0. The van der Waals surface area contributed by atoms with E-state index < -0.39 is 0 Å². The second kappa shape index (κ2) is 12.1. The fourth-order valence-electron chi connectivity index (χ4n) is 8.04. The summed E-state index contributed by atoms with van der Waals surface area (Å²) in [6.45, 7) is 0. The van der Waals surface area contributed by atoms with Gasteiger partial charge < -0.3 is 8.98 Å². The van der Waals surface area contributed by atoms with E-state index in [1.165, 1.54) is 32.7 Å². The Morgan fingerprint density at radius 1 is 0.389 bits per heavy atom. The van der Waals surface area contributed by atoms with E-state index in [-0.39, 0.29) is 0 Å².